The van der Waals surface area contributed by atoms with Gasteiger partial charge in [0, 0.05) is 0 Å². The molecule has 96 valence electrons. The summed E-state index contributed by atoms with van der Waals surface area (Å²) in [5.74, 6) is 1.46. The number of nitrogens with zero attached hydrogens (tertiary/aromatic N) is 2. The lowest BCUT2D eigenvalue weighted by Crippen LogP contribution is -2.22. The highest BCUT2D eigenvalue weighted by Crippen LogP contribution is 2.18. The van der Waals surface area contributed by atoms with E-state index in [4.69, 9.17) is 0 Å². The lowest BCUT2D eigenvalue weighted by molar-refractivity contribution is 0.514. The van der Waals surface area contributed by atoms with Crippen LogP contribution < -0.4 is 5.32 Å². The minimum absolute atomic E-state index is 0.218. The molecule has 0 saturated heterocycles. The van der Waals surface area contributed by atoms with Gasteiger partial charge in [-0.2, -0.15) is 5.10 Å². The predicted octanol–water partition coefficient (Wildman–Crippen LogP) is 2.65. The molecule has 0 aliphatic heterocycles. The summed E-state index contributed by atoms with van der Waals surface area (Å²) >= 11 is 0. The Balaban J connectivity index is 1.76. The lowest BCUT2D eigenvalue weighted by Gasteiger charge is -2.15. The average Bonchev–Trinajstić information content (AvgIpc) is 2.93. The van der Waals surface area contributed by atoms with E-state index in [0.717, 1.165) is 18.8 Å². The van der Waals surface area contributed by atoms with E-state index in [1.54, 1.807) is 6.33 Å². The van der Waals surface area contributed by atoms with Crippen molar-refractivity contribution in [3.05, 3.63) is 48.0 Å². The fraction of sp³-hybridized carbons (Fsp3) is 0.429. The van der Waals surface area contributed by atoms with Crippen LogP contribution in [-0.4, -0.2) is 21.7 Å². The number of aromatic nitrogens is 3. The molecule has 2 aromatic rings. The SMILES string of the molecule is CC(CCNC(C)c1ncn[nH]1)c1ccccc1. The van der Waals surface area contributed by atoms with Gasteiger partial charge in [-0.05, 0) is 31.4 Å². The number of benzene rings is 1. The van der Waals surface area contributed by atoms with Crippen LogP contribution in [0.1, 0.15) is 43.6 Å². The number of H-pyrrole nitrogens is 1. The van der Waals surface area contributed by atoms with Crippen molar-refractivity contribution in [1.29, 1.82) is 0 Å². The molecule has 0 amide bonds. The fourth-order valence-corrected chi connectivity index (χ4v) is 1.98. The van der Waals surface area contributed by atoms with Crippen LogP contribution in [0.4, 0.5) is 0 Å². The van der Waals surface area contributed by atoms with Crippen molar-refractivity contribution in [2.45, 2.75) is 32.2 Å². The van der Waals surface area contributed by atoms with Crippen molar-refractivity contribution in [3.63, 3.8) is 0 Å². The Morgan fingerprint density at radius 3 is 2.67 bits per heavy atom. The maximum atomic E-state index is 4.14. The number of hydrogen-bond donors (Lipinski definition) is 2. The van der Waals surface area contributed by atoms with E-state index < -0.39 is 0 Å². The summed E-state index contributed by atoms with van der Waals surface area (Å²) in [7, 11) is 0. The summed E-state index contributed by atoms with van der Waals surface area (Å²) < 4.78 is 0. The third-order valence-electron chi connectivity index (χ3n) is 3.24. The molecular weight excluding hydrogens is 224 g/mol. The highest BCUT2D eigenvalue weighted by Gasteiger charge is 2.09. The van der Waals surface area contributed by atoms with Crippen LogP contribution in [0, 0.1) is 0 Å². The normalized spacial score (nSPS) is 14.3. The van der Waals surface area contributed by atoms with Gasteiger partial charge in [0.25, 0.3) is 0 Å². The van der Waals surface area contributed by atoms with E-state index in [1.165, 1.54) is 5.56 Å². The Labute approximate surface area is 108 Å². The molecule has 0 aliphatic carbocycles. The van der Waals surface area contributed by atoms with Crippen LogP contribution in [-0.2, 0) is 0 Å². The minimum atomic E-state index is 0.218. The van der Waals surface area contributed by atoms with E-state index in [1.807, 2.05) is 0 Å². The van der Waals surface area contributed by atoms with Gasteiger partial charge in [-0.1, -0.05) is 37.3 Å². The van der Waals surface area contributed by atoms with Gasteiger partial charge in [0.2, 0.25) is 0 Å². The number of hydrogen-bond acceptors (Lipinski definition) is 3. The summed E-state index contributed by atoms with van der Waals surface area (Å²) in [6.07, 6.45) is 2.66. The van der Waals surface area contributed by atoms with Crippen LogP contribution >= 0.6 is 0 Å². The summed E-state index contributed by atoms with van der Waals surface area (Å²) in [5.41, 5.74) is 1.40. The molecule has 0 saturated carbocycles. The van der Waals surface area contributed by atoms with Crippen molar-refractivity contribution in [1.82, 2.24) is 20.5 Å². The van der Waals surface area contributed by atoms with Gasteiger partial charge in [-0.15, -0.1) is 0 Å². The molecule has 4 nitrogen and oxygen atoms in total. The quantitative estimate of drug-likeness (QED) is 0.821. The molecule has 2 rings (SSSR count). The van der Waals surface area contributed by atoms with Crippen molar-refractivity contribution in [2.24, 2.45) is 0 Å². The number of nitrogens with one attached hydrogen (secondary N) is 2. The van der Waals surface area contributed by atoms with Crippen LogP contribution in [0.2, 0.25) is 0 Å². The molecule has 0 aliphatic rings. The molecule has 1 heterocycles. The van der Waals surface area contributed by atoms with E-state index in [2.05, 4.69) is 64.7 Å². The zero-order chi connectivity index (χ0) is 12.8. The Kier molecular flexibility index (Phi) is 4.47. The summed E-state index contributed by atoms with van der Waals surface area (Å²) in [5, 5.41) is 10.2. The van der Waals surface area contributed by atoms with Crippen LogP contribution in [0.5, 0.6) is 0 Å². The summed E-state index contributed by atoms with van der Waals surface area (Å²) in [4.78, 5) is 4.14. The zero-order valence-corrected chi connectivity index (χ0v) is 10.9. The van der Waals surface area contributed by atoms with E-state index in [0.29, 0.717) is 5.92 Å². The molecule has 1 aromatic heterocycles. The van der Waals surface area contributed by atoms with E-state index >= 15 is 0 Å². The van der Waals surface area contributed by atoms with Crippen LogP contribution in [0.15, 0.2) is 36.7 Å². The molecule has 0 bridgehead atoms. The first-order valence-corrected chi connectivity index (χ1v) is 6.41. The Bertz CT molecular complexity index is 438. The van der Waals surface area contributed by atoms with Crippen molar-refractivity contribution >= 4 is 0 Å². The highest BCUT2D eigenvalue weighted by atomic mass is 15.2. The third-order valence-corrected chi connectivity index (χ3v) is 3.24. The van der Waals surface area contributed by atoms with Gasteiger partial charge in [0.1, 0.15) is 12.2 Å². The van der Waals surface area contributed by atoms with Gasteiger partial charge in [-0.25, -0.2) is 4.98 Å². The first-order chi connectivity index (χ1) is 8.77. The number of aromatic amines is 1. The standard InChI is InChI=1S/C14H20N4/c1-11(13-6-4-3-5-7-13)8-9-15-12(2)14-16-10-17-18-14/h3-7,10-12,15H,8-9H2,1-2H3,(H,16,17,18). The molecule has 2 N–H and O–H groups in total. The predicted molar refractivity (Wildman–Crippen MR) is 72.3 cm³/mol. The summed E-state index contributed by atoms with van der Waals surface area (Å²) in [6.45, 7) is 5.32. The van der Waals surface area contributed by atoms with Crippen molar-refractivity contribution < 1.29 is 0 Å². The molecule has 1 aromatic carbocycles. The van der Waals surface area contributed by atoms with E-state index in [9.17, 15) is 0 Å². The second-order valence-corrected chi connectivity index (χ2v) is 4.65. The molecule has 2 unspecified atom stereocenters. The molecule has 0 radical (unpaired) electrons. The minimum Gasteiger partial charge on any atom is -0.308 e. The summed E-state index contributed by atoms with van der Waals surface area (Å²) in [6, 6.07) is 10.8. The van der Waals surface area contributed by atoms with Crippen molar-refractivity contribution in [3.8, 4) is 0 Å². The first-order valence-electron chi connectivity index (χ1n) is 6.41. The number of rotatable bonds is 6. The Morgan fingerprint density at radius 1 is 1.22 bits per heavy atom. The monoisotopic (exact) mass is 244 g/mol. The maximum absolute atomic E-state index is 4.14. The molecule has 0 fully saturated rings. The molecule has 4 heteroatoms. The Morgan fingerprint density at radius 2 is 2.00 bits per heavy atom. The van der Waals surface area contributed by atoms with Crippen LogP contribution in [0.25, 0.3) is 0 Å². The van der Waals surface area contributed by atoms with Crippen LogP contribution in [0.3, 0.4) is 0 Å². The first kappa shape index (κ1) is 12.8. The van der Waals surface area contributed by atoms with Crippen molar-refractivity contribution in [2.75, 3.05) is 6.54 Å². The molecule has 0 spiro atoms. The van der Waals surface area contributed by atoms with Gasteiger partial charge in [-0.3, -0.25) is 5.10 Å². The third kappa shape index (κ3) is 3.40. The maximum Gasteiger partial charge on any atom is 0.141 e. The highest BCUT2D eigenvalue weighted by molar-refractivity contribution is 5.18. The second-order valence-electron chi connectivity index (χ2n) is 4.65. The lowest BCUT2D eigenvalue weighted by atomic mass is 9.98. The largest absolute Gasteiger partial charge is 0.308 e. The zero-order valence-electron chi connectivity index (χ0n) is 10.9. The molecule has 18 heavy (non-hydrogen) atoms. The average molecular weight is 244 g/mol. The van der Waals surface area contributed by atoms with Gasteiger partial charge in [0.05, 0.1) is 6.04 Å². The van der Waals surface area contributed by atoms with Gasteiger partial charge in [0.15, 0.2) is 0 Å². The topological polar surface area (TPSA) is 53.6 Å². The second kappa shape index (κ2) is 6.31. The van der Waals surface area contributed by atoms with Gasteiger partial charge >= 0.3 is 0 Å². The van der Waals surface area contributed by atoms with E-state index in [-0.39, 0.29) is 6.04 Å². The Hall–Kier alpha value is -1.68. The molecular formula is C14H20N4. The smallest absolute Gasteiger partial charge is 0.141 e. The fourth-order valence-electron chi connectivity index (χ4n) is 1.98. The molecule has 2 atom stereocenters. The van der Waals surface area contributed by atoms with Gasteiger partial charge < -0.3 is 5.32 Å².